The molecule has 0 aliphatic heterocycles. The molecule has 7 nitrogen and oxygen atoms in total. The smallest absolute Gasteiger partial charge is 0.325 e. The number of aliphatic carboxylic acids is 2. The van der Waals surface area contributed by atoms with Crippen LogP contribution in [-0.2, 0) is 39.2 Å². The summed E-state index contributed by atoms with van der Waals surface area (Å²) in [6.07, 6.45) is -1.16. The quantitative estimate of drug-likeness (QED) is 0.429. The van der Waals surface area contributed by atoms with Crippen LogP contribution >= 0.6 is 0 Å². The van der Waals surface area contributed by atoms with Crippen molar-refractivity contribution in [2.75, 3.05) is 0 Å². The summed E-state index contributed by atoms with van der Waals surface area (Å²) in [6.45, 7) is 0. The second kappa shape index (κ2) is 5.26. The topological polar surface area (TPSA) is 129 Å². The molecule has 72 valence electrons. The molecule has 0 fully saturated rings. The summed E-state index contributed by atoms with van der Waals surface area (Å²) in [5.41, 5.74) is 0. The van der Waals surface area contributed by atoms with Crippen molar-refractivity contribution in [1.82, 2.24) is 0 Å². The zero-order valence-electron chi connectivity index (χ0n) is 6.37. The molecule has 0 aliphatic carbocycles. The van der Waals surface area contributed by atoms with Crippen LogP contribution in [0.1, 0.15) is 6.42 Å². The predicted molar refractivity (Wildman–Crippen MR) is 35.2 cm³/mol. The standard InChI is InChI=1S/C4H6O7S.Zn/c5-3(6)1-2(4(7)8)12(9,10)11;/h2H,1H2,(H,5,6)(H,7,8)(H,9,10,11);. The molecule has 0 radical (unpaired) electrons. The van der Waals surface area contributed by atoms with Crippen molar-refractivity contribution < 1.29 is 52.3 Å². The van der Waals surface area contributed by atoms with E-state index in [4.69, 9.17) is 14.8 Å². The average molecular weight is 264 g/mol. The predicted octanol–water partition coefficient (Wildman–Crippen LogP) is -1.20. The van der Waals surface area contributed by atoms with E-state index in [1.165, 1.54) is 0 Å². The fraction of sp³-hybridized carbons (Fsp3) is 0.500. The Labute approximate surface area is 86.3 Å². The Morgan fingerprint density at radius 3 is 1.69 bits per heavy atom. The van der Waals surface area contributed by atoms with E-state index in [0.29, 0.717) is 0 Å². The summed E-state index contributed by atoms with van der Waals surface area (Å²) in [7, 11) is -4.84. The van der Waals surface area contributed by atoms with Crippen molar-refractivity contribution in [2.45, 2.75) is 11.7 Å². The molecular weight excluding hydrogens is 257 g/mol. The summed E-state index contributed by atoms with van der Waals surface area (Å²) in [5.74, 6) is -3.50. The van der Waals surface area contributed by atoms with Crippen LogP contribution in [-0.4, -0.2) is 40.4 Å². The first kappa shape index (κ1) is 15.0. The first-order chi connectivity index (χ1) is 5.25. The first-order valence-corrected chi connectivity index (χ1v) is 4.16. The summed E-state index contributed by atoms with van der Waals surface area (Å²) < 4.78 is 28.7. The van der Waals surface area contributed by atoms with Gasteiger partial charge >= 0.3 is 11.9 Å². The Bertz CT molecular complexity index is 294. The minimum atomic E-state index is -4.84. The van der Waals surface area contributed by atoms with Crippen molar-refractivity contribution in [3.05, 3.63) is 0 Å². The van der Waals surface area contributed by atoms with Crippen LogP contribution in [0.5, 0.6) is 0 Å². The van der Waals surface area contributed by atoms with E-state index in [1.54, 1.807) is 0 Å². The van der Waals surface area contributed by atoms with E-state index in [0.717, 1.165) is 0 Å². The van der Waals surface area contributed by atoms with Crippen molar-refractivity contribution in [3.8, 4) is 0 Å². The van der Waals surface area contributed by atoms with Gasteiger partial charge in [-0.3, -0.25) is 14.1 Å². The van der Waals surface area contributed by atoms with Crippen molar-refractivity contribution in [3.63, 3.8) is 0 Å². The molecule has 1 unspecified atom stereocenters. The van der Waals surface area contributed by atoms with Crippen molar-refractivity contribution in [2.24, 2.45) is 0 Å². The first-order valence-electron chi connectivity index (χ1n) is 2.66. The summed E-state index contributed by atoms with van der Waals surface area (Å²) >= 11 is 0. The molecule has 1 atom stereocenters. The van der Waals surface area contributed by atoms with Crippen molar-refractivity contribution in [1.29, 1.82) is 0 Å². The number of carbonyl (C=O) groups is 2. The van der Waals surface area contributed by atoms with E-state index < -0.39 is 33.7 Å². The molecule has 0 bridgehead atoms. The molecule has 0 aromatic rings. The van der Waals surface area contributed by atoms with Gasteiger partial charge in [0.05, 0.1) is 6.42 Å². The maximum Gasteiger partial charge on any atom is 0.325 e. The van der Waals surface area contributed by atoms with Crippen molar-refractivity contribution >= 4 is 22.1 Å². The summed E-state index contributed by atoms with van der Waals surface area (Å²) in [5, 5.41) is 13.9. The largest absolute Gasteiger partial charge is 0.481 e. The van der Waals surface area contributed by atoms with Crippen LogP contribution in [0.15, 0.2) is 0 Å². The second-order valence-electron chi connectivity index (χ2n) is 1.94. The van der Waals surface area contributed by atoms with E-state index >= 15 is 0 Å². The van der Waals surface area contributed by atoms with Gasteiger partial charge in [0, 0.05) is 19.5 Å². The molecule has 0 rings (SSSR count). The van der Waals surface area contributed by atoms with Gasteiger partial charge in [-0.25, -0.2) is 0 Å². The Morgan fingerprint density at radius 2 is 1.62 bits per heavy atom. The van der Waals surface area contributed by atoms with Gasteiger partial charge in [-0.15, -0.1) is 0 Å². The molecule has 0 heterocycles. The number of hydrogen-bond donors (Lipinski definition) is 3. The van der Waals surface area contributed by atoms with Gasteiger partial charge in [-0.05, 0) is 0 Å². The van der Waals surface area contributed by atoms with Crippen LogP contribution in [0.4, 0.5) is 0 Å². The molecule has 0 spiro atoms. The Balaban J connectivity index is 0. The molecular formula is C4H6O7SZn. The maximum absolute atomic E-state index is 10.2. The Kier molecular flexibility index (Phi) is 6.05. The van der Waals surface area contributed by atoms with Gasteiger partial charge in [0.25, 0.3) is 10.1 Å². The van der Waals surface area contributed by atoms with Crippen LogP contribution in [0.2, 0.25) is 0 Å². The third kappa shape index (κ3) is 5.67. The molecule has 0 saturated heterocycles. The zero-order chi connectivity index (χ0) is 9.94. The SMILES string of the molecule is O=C(O)CC(C(=O)O)S(=O)(=O)O.[Zn]. The monoisotopic (exact) mass is 262 g/mol. The maximum atomic E-state index is 10.2. The molecule has 0 saturated carbocycles. The molecule has 3 N–H and O–H groups in total. The van der Waals surface area contributed by atoms with Crippen LogP contribution in [0.3, 0.4) is 0 Å². The number of rotatable bonds is 4. The van der Waals surface area contributed by atoms with Gasteiger partial charge in [-0.1, -0.05) is 0 Å². The number of hydrogen-bond acceptors (Lipinski definition) is 4. The van der Waals surface area contributed by atoms with Crippen LogP contribution in [0, 0.1) is 0 Å². The van der Waals surface area contributed by atoms with E-state index in [2.05, 4.69) is 0 Å². The minimum Gasteiger partial charge on any atom is -0.481 e. The van der Waals surface area contributed by atoms with Gasteiger partial charge < -0.3 is 10.2 Å². The second-order valence-corrected chi connectivity index (χ2v) is 3.54. The fourth-order valence-corrected chi connectivity index (χ4v) is 1.09. The van der Waals surface area contributed by atoms with E-state index in [9.17, 15) is 18.0 Å². The molecule has 0 aromatic heterocycles. The Morgan fingerprint density at radius 1 is 1.23 bits per heavy atom. The third-order valence-electron chi connectivity index (χ3n) is 0.995. The summed E-state index contributed by atoms with van der Waals surface area (Å²) in [4.78, 5) is 20.0. The third-order valence-corrected chi connectivity index (χ3v) is 2.08. The summed E-state index contributed by atoms with van der Waals surface area (Å²) in [6, 6.07) is 0. The molecule has 13 heavy (non-hydrogen) atoms. The van der Waals surface area contributed by atoms with E-state index in [1.807, 2.05) is 0 Å². The molecule has 0 aliphatic rings. The van der Waals surface area contributed by atoms with Gasteiger partial charge in [-0.2, -0.15) is 8.42 Å². The molecule has 0 amide bonds. The van der Waals surface area contributed by atoms with Gasteiger partial charge in [0.2, 0.25) is 0 Å². The number of carboxylic acid groups (broad SMARTS) is 2. The van der Waals surface area contributed by atoms with Gasteiger partial charge in [0.15, 0.2) is 5.25 Å². The van der Waals surface area contributed by atoms with Crippen LogP contribution in [0.25, 0.3) is 0 Å². The number of carboxylic acids is 2. The normalized spacial score (nSPS) is 12.7. The fourth-order valence-electron chi connectivity index (χ4n) is 0.479. The zero-order valence-corrected chi connectivity index (χ0v) is 10.2. The molecule has 0 aromatic carbocycles. The van der Waals surface area contributed by atoms with Gasteiger partial charge in [0.1, 0.15) is 0 Å². The molecule has 9 heteroatoms. The average Bonchev–Trinajstić information content (AvgIpc) is 1.79. The minimum absolute atomic E-state index is 0. The Hall–Kier alpha value is -0.527. The van der Waals surface area contributed by atoms with Crippen LogP contribution < -0.4 is 0 Å². The van der Waals surface area contributed by atoms with E-state index in [-0.39, 0.29) is 19.5 Å².